The van der Waals surface area contributed by atoms with Crippen LogP contribution in [0.15, 0.2) is 0 Å². The summed E-state index contributed by atoms with van der Waals surface area (Å²) in [5.74, 6) is -0.257. The van der Waals surface area contributed by atoms with E-state index in [0.717, 1.165) is 45.3 Å². The van der Waals surface area contributed by atoms with E-state index in [4.69, 9.17) is 18.9 Å². The Morgan fingerprint density at radius 2 is 1.29 bits per heavy atom. The van der Waals surface area contributed by atoms with E-state index in [1.165, 1.54) is 0 Å². The number of epoxide rings is 2. The average Bonchev–Trinajstić information content (AvgIpc) is 3.54. The highest BCUT2D eigenvalue weighted by atomic mass is 16.6. The van der Waals surface area contributed by atoms with Gasteiger partial charge in [0.25, 0.3) is 0 Å². The molecule has 0 bridgehead atoms. The fourth-order valence-electron chi connectivity index (χ4n) is 3.25. The molecule has 0 aromatic heterocycles. The summed E-state index contributed by atoms with van der Waals surface area (Å²) in [4.78, 5) is 25.1. The van der Waals surface area contributed by atoms with E-state index in [9.17, 15) is 9.59 Å². The van der Waals surface area contributed by atoms with Gasteiger partial charge in [0.15, 0.2) is 0 Å². The summed E-state index contributed by atoms with van der Waals surface area (Å²) < 4.78 is 21.1. The van der Waals surface area contributed by atoms with Crippen molar-refractivity contribution >= 4 is 11.8 Å². The minimum Gasteiger partial charge on any atom is -0.379 e. The Hall–Kier alpha value is -1.22. The van der Waals surface area contributed by atoms with Gasteiger partial charge in [-0.2, -0.15) is 0 Å². The predicted molar refractivity (Wildman–Crippen MR) is 102 cm³/mol. The number of hydrogen-bond donors (Lipinski definition) is 2. The first-order valence-electron chi connectivity index (χ1n) is 10.7. The predicted octanol–water partition coefficient (Wildman–Crippen LogP) is 0.780. The molecule has 0 aromatic rings. The standard InChI is InChI=1S/C20H34N2O6/c23-18(21-8-1-3-10-25-12-16-14-27-16)20(6-5-7-20)19(24)22-9-2-4-11-26-13-17-15-28-17/h16-17H,1-15H2,(H,21,23)(H,22,24). The maximum absolute atomic E-state index is 12.6. The van der Waals surface area contributed by atoms with Crippen LogP contribution in [-0.4, -0.2) is 76.8 Å². The Balaban J connectivity index is 1.21. The largest absolute Gasteiger partial charge is 0.379 e. The molecule has 3 rings (SSSR count). The Morgan fingerprint density at radius 3 is 1.64 bits per heavy atom. The third-order valence-corrected chi connectivity index (χ3v) is 5.49. The SMILES string of the molecule is O=C(NCCCCOCC1CO1)C1(C(=O)NCCCCOCC2CO2)CCC1. The molecule has 8 nitrogen and oxygen atoms in total. The van der Waals surface area contributed by atoms with Crippen molar-refractivity contribution in [1.82, 2.24) is 10.6 Å². The van der Waals surface area contributed by atoms with E-state index in [-0.39, 0.29) is 11.8 Å². The van der Waals surface area contributed by atoms with Crippen molar-refractivity contribution in [3.8, 4) is 0 Å². The van der Waals surface area contributed by atoms with Crippen molar-refractivity contribution < 1.29 is 28.5 Å². The summed E-state index contributed by atoms with van der Waals surface area (Å²) >= 11 is 0. The lowest BCUT2D eigenvalue weighted by atomic mass is 9.67. The monoisotopic (exact) mass is 398 g/mol. The molecule has 160 valence electrons. The lowest BCUT2D eigenvalue weighted by molar-refractivity contribution is -0.149. The Labute approximate surface area is 167 Å². The highest BCUT2D eigenvalue weighted by molar-refractivity contribution is 6.05. The van der Waals surface area contributed by atoms with Gasteiger partial charge in [0.2, 0.25) is 11.8 Å². The van der Waals surface area contributed by atoms with E-state index in [2.05, 4.69) is 10.6 Å². The number of hydrogen-bond acceptors (Lipinski definition) is 6. The number of carbonyl (C=O) groups excluding carboxylic acids is 2. The fraction of sp³-hybridized carbons (Fsp3) is 0.900. The number of rotatable bonds is 16. The number of ether oxygens (including phenoxy) is 4. The van der Waals surface area contributed by atoms with Crippen molar-refractivity contribution in [1.29, 1.82) is 0 Å². The second kappa shape index (κ2) is 11.1. The first-order chi connectivity index (χ1) is 13.7. The summed E-state index contributed by atoms with van der Waals surface area (Å²) in [5.41, 5.74) is -0.861. The summed E-state index contributed by atoms with van der Waals surface area (Å²) in [6.07, 6.45) is 6.27. The zero-order valence-electron chi connectivity index (χ0n) is 16.7. The molecular formula is C20H34N2O6. The molecule has 2 amide bonds. The van der Waals surface area contributed by atoms with Crippen LogP contribution in [0.25, 0.3) is 0 Å². The quantitative estimate of drug-likeness (QED) is 0.226. The van der Waals surface area contributed by atoms with Crippen LogP contribution < -0.4 is 10.6 Å². The fourth-order valence-corrected chi connectivity index (χ4v) is 3.25. The zero-order chi connectivity index (χ0) is 19.7. The van der Waals surface area contributed by atoms with E-state index >= 15 is 0 Å². The smallest absolute Gasteiger partial charge is 0.235 e. The van der Waals surface area contributed by atoms with Gasteiger partial charge >= 0.3 is 0 Å². The number of unbranched alkanes of at least 4 members (excludes halogenated alkanes) is 2. The molecule has 2 aliphatic heterocycles. The molecule has 2 unspecified atom stereocenters. The minimum absolute atomic E-state index is 0.128. The maximum Gasteiger partial charge on any atom is 0.235 e. The van der Waals surface area contributed by atoms with Gasteiger partial charge in [-0.3, -0.25) is 9.59 Å². The highest BCUT2D eigenvalue weighted by Crippen LogP contribution is 2.41. The van der Waals surface area contributed by atoms with Crippen LogP contribution in [-0.2, 0) is 28.5 Å². The third-order valence-electron chi connectivity index (χ3n) is 5.49. The summed E-state index contributed by atoms with van der Waals surface area (Å²) in [6, 6.07) is 0. The van der Waals surface area contributed by atoms with Crippen LogP contribution in [0.5, 0.6) is 0 Å². The van der Waals surface area contributed by atoms with Crippen LogP contribution in [0, 0.1) is 5.41 Å². The molecular weight excluding hydrogens is 364 g/mol. The molecule has 2 N–H and O–H groups in total. The highest BCUT2D eigenvalue weighted by Gasteiger charge is 2.50. The topological polar surface area (TPSA) is 102 Å². The molecule has 1 aliphatic carbocycles. The van der Waals surface area contributed by atoms with Crippen molar-refractivity contribution in [2.75, 3.05) is 52.7 Å². The molecule has 2 saturated heterocycles. The minimum atomic E-state index is -0.861. The van der Waals surface area contributed by atoms with Crippen LogP contribution in [0.3, 0.4) is 0 Å². The van der Waals surface area contributed by atoms with Crippen molar-refractivity contribution in [3.63, 3.8) is 0 Å². The van der Waals surface area contributed by atoms with Gasteiger partial charge < -0.3 is 29.6 Å². The Morgan fingerprint density at radius 1 is 0.821 bits per heavy atom. The molecule has 2 heterocycles. The molecule has 1 saturated carbocycles. The summed E-state index contributed by atoms with van der Waals surface area (Å²) in [7, 11) is 0. The average molecular weight is 399 g/mol. The van der Waals surface area contributed by atoms with Gasteiger partial charge in [0.1, 0.15) is 17.6 Å². The molecule has 3 fully saturated rings. The first kappa shape index (κ1) is 21.5. The molecule has 0 spiro atoms. The van der Waals surface area contributed by atoms with Crippen molar-refractivity contribution in [2.45, 2.75) is 57.2 Å². The molecule has 3 aliphatic rings. The van der Waals surface area contributed by atoms with Crippen LogP contribution in [0.4, 0.5) is 0 Å². The van der Waals surface area contributed by atoms with Gasteiger partial charge in [-0.15, -0.1) is 0 Å². The van der Waals surface area contributed by atoms with Crippen molar-refractivity contribution in [3.05, 3.63) is 0 Å². The van der Waals surface area contributed by atoms with Gasteiger partial charge in [0, 0.05) is 26.3 Å². The van der Waals surface area contributed by atoms with E-state index in [1.807, 2.05) is 0 Å². The Bertz CT molecular complexity index is 463. The third kappa shape index (κ3) is 6.99. The summed E-state index contributed by atoms with van der Waals surface area (Å²) in [6.45, 7) is 5.47. The normalized spacial score (nSPS) is 24.3. The number of amides is 2. The Kier molecular flexibility index (Phi) is 8.51. The van der Waals surface area contributed by atoms with Crippen LogP contribution in [0.2, 0.25) is 0 Å². The zero-order valence-corrected chi connectivity index (χ0v) is 16.7. The van der Waals surface area contributed by atoms with Gasteiger partial charge in [-0.05, 0) is 38.5 Å². The van der Waals surface area contributed by atoms with E-state index < -0.39 is 5.41 Å². The van der Waals surface area contributed by atoms with Crippen molar-refractivity contribution in [2.24, 2.45) is 5.41 Å². The molecule has 28 heavy (non-hydrogen) atoms. The van der Waals surface area contributed by atoms with Gasteiger partial charge in [-0.25, -0.2) is 0 Å². The molecule has 0 radical (unpaired) electrons. The number of nitrogens with one attached hydrogen (secondary N) is 2. The lowest BCUT2D eigenvalue weighted by Gasteiger charge is -2.38. The molecule has 0 aromatic carbocycles. The molecule has 8 heteroatoms. The summed E-state index contributed by atoms with van der Waals surface area (Å²) in [5, 5.41) is 5.88. The second-order valence-corrected chi connectivity index (χ2v) is 7.92. The molecule has 2 atom stereocenters. The lowest BCUT2D eigenvalue weighted by Crippen LogP contribution is -2.55. The number of carbonyl (C=O) groups is 2. The van der Waals surface area contributed by atoms with Gasteiger partial charge in [0.05, 0.1) is 26.4 Å². The van der Waals surface area contributed by atoms with Crippen LogP contribution >= 0.6 is 0 Å². The van der Waals surface area contributed by atoms with E-state index in [1.54, 1.807) is 0 Å². The maximum atomic E-state index is 12.6. The van der Waals surface area contributed by atoms with E-state index in [0.29, 0.717) is 64.6 Å². The van der Waals surface area contributed by atoms with Crippen LogP contribution in [0.1, 0.15) is 44.9 Å². The second-order valence-electron chi connectivity index (χ2n) is 7.92. The van der Waals surface area contributed by atoms with Gasteiger partial charge in [-0.1, -0.05) is 6.42 Å². The first-order valence-corrected chi connectivity index (χ1v) is 10.7.